The van der Waals surface area contributed by atoms with Crippen LogP contribution in [0, 0.1) is 11.6 Å². The number of alkyl halides is 3. The molecule has 2 heterocycles. The molecule has 3 rings (SSSR count). The largest absolute Gasteiger partial charge is 0.419 e. The van der Waals surface area contributed by atoms with Gasteiger partial charge in [-0.05, 0) is 18.6 Å². The summed E-state index contributed by atoms with van der Waals surface area (Å²) >= 11 is 0. The standard InChI is InChI=1S/C15H13F5N2O3S/c16-11-5-14(12(17)4-10(11)15(18,19)20)22-26(23,24)9-3-13(21-6-9)8-1-2-25-7-8/h3-6,8,21-22H,1-2,7H2. The number of aromatic nitrogens is 1. The minimum Gasteiger partial charge on any atom is -0.381 e. The van der Waals surface area contributed by atoms with E-state index in [1.54, 1.807) is 4.72 Å². The molecule has 2 aromatic rings. The number of benzene rings is 1. The van der Waals surface area contributed by atoms with Crippen molar-refractivity contribution in [2.75, 3.05) is 17.9 Å². The molecule has 0 amide bonds. The van der Waals surface area contributed by atoms with Gasteiger partial charge in [-0.1, -0.05) is 0 Å². The summed E-state index contributed by atoms with van der Waals surface area (Å²) in [4.78, 5) is 2.53. The maximum atomic E-state index is 13.8. The zero-order valence-corrected chi connectivity index (χ0v) is 13.8. The van der Waals surface area contributed by atoms with Gasteiger partial charge in [-0.2, -0.15) is 13.2 Å². The summed E-state index contributed by atoms with van der Waals surface area (Å²) in [5.74, 6) is -3.34. The van der Waals surface area contributed by atoms with Crippen molar-refractivity contribution in [2.24, 2.45) is 0 Å². The van der Waals surface area contributed by atoms with Crippen LogP contribution in [0.25, 0.3) is 0 Å². The molecule has 0 radical (unpaired) electrons. The lowest BCUT2D eigenvalue weighted by Crippen LogP contribution is -2.15. The zero-order valence-electron chi connectivity index (χ0n) is 13.0. The Balaban J connectivity index is 1.87. The number of ether oxygens (including phenoxy) is 1. The summed E-state index contributed by atoms with van der Waals surface area (Å²) in [5.41, 5.74) is -2.13. The van der Waals surface area contributed by atoms with E-state index in [4.69, 9.17) is 4.74 Å². The Kier molecular flexibility index (Phi) is 4.69. The molecule has 0 bridgehead atoms. The number of aromatic amines is 1. The molecule has 2 N–H and O–H groups in total. The predicted octanol–water partition coefficient (Wildman–Crippen LogP) is 3.62. The lowest BCUT2D eigenvalue weighted by atomic mass is 10.1. The minimum atomic E-state index is -5.10. The Bertz CT molecular complexity index is 918. The molecule has 0 saturated carbocycles. The van der Waals surface area contributed by atoms with Crippen LogP contribution in [0.15, 0.2) is 29.3 Å². The van der Waals surface area contributed by atoms with Crippen LogP contribution in [-0.4, -0.2) is 26.6 Å². The SMILES string of the molecule is O=S(=O)(Nc1cc(F)c(C(F)(F)F)cc1F)c1c[nH]c(C2CCOC2)c1. The first kappa shape index (κ1) is 18.6. The van der Waals surface area contributed by atoms with Crippen molar-refractivity contribution in [2.45, 2.75) is 23.4 Å². The maximum absolute atomic E-state index is 13.8. The highest BCUT2D eigenvalue weighted by Crippen LogP contribution is 2.34. The molecule has 142 valence electrons. The lowest BCUT2D eigenvalue weighted by Gasteiger charge is -2.12. The number of sulfonamides is 1. The Labute approximate surface area is 145 Å². The van der Waals surface area contributed by atoms with Gasteiger partial charge >= 0.3 is 6.18 Å². The lowest BCUT2D eigenvalue weighted by molar-refractivity contribution is -0.140. The summed E-state index contributed by atoms with van der Waals surface area (Å²) in [6.45, 7) is 0.965. The van der Waals surface area contributed by atoms with Gasteiger partial charge in [0.25, 0.3) is 10.0 Å². The molecule has 26 heavy (non-hydrogen) atoms. The van der Waals surface area contributed by atoms with E-state index in [0.717, 1.165) is 6.20 Å². The predicted molar refractivity (Wildman–Crippen MR) is 81.1 cm³/mol. The van der Waals surface area contributed by atoms with E-state index in [0.29, 0.717) is 25.3 Å². The Morgan fingerprint density at radius 2 is 1.88 bits per heavy atom. The first-order valence-corrected chi connectivity index (χ1v) is 8.91. The summed E-state index contributed by atoms with van der Waals surface area (Å²) in [6, 6.07) is 1.39. The fourth-order valence-electron chi connectivity index (χ4n) is 2.61. The van der Waals surface area contributed by atoms with E-state index in [9.17, 15) is 30.4 Å². The van der Waals surface area contributed by atoms with Crippen LogP contribution in [0.4, 0.5) is 27.6 Å². The molecule has 1 aromatic carbocycles. The van der Waals surface area contributed by atoms with Crippen molar-refractivity contribution in [3.8, 4) is 0 Å². The average Bonchev–Trinajstić information content (AvgIpc) is 3.19. The van der Waals surface area contributed by atoms with Crippen LogP contribution >= 0.6 is 0 Å². The normalized spacial score (nSPS) is 18.3. The molecule has 5 nitrogen and oxygen atoms in total. The topological polar surface area (TPSA) is 71.2 Å². The van der Waals surface area contributed by atoms with Crippen LogP contribution < -0.4 is 4.72 Å². The van der Waals surface area contributed by atoms with Gasteiger partial charge in [0.15, 0.2) is 0 Å². The van der Waals surface area contributed by atoms with E-state index >= 15 is 0 Å². The zero-order chi connectivity index (χ0) is 19.1. The molecular weight excluding hydrogens is 383 g/mol. The quantitative estimate of drug-likeness (QED) is 0.776. The third-order valence-corrected chi connectivity index (χ3v) is 5.31. The number of hydrogen-bond acceptors (Lipinski definition) is 3. The monoisotopic (exact) mass is 396 g/mol. The fourth-order valence-corrected chi connectivity index (χ4v) is 3.67. The minimum absolute atomic E-state index is 0.0146. The first-order chi connectivity index (χ1) is 12.1. The number of hydrogen-bond donors (Lipinski definition) is 2. The summed E-state index contributed by atoms with van der Waals surface area (Å²) in [6.07, 6.45) is -3.23. The van der Waals surface area contributed by atoms with E-state index in [-0.39, 0.29) is 22.9 Å². The third kappa shape index (κ3) is 3.68. The van der Waals surface area contributed by atoms with E-state index in [1.165, 1.54) is 6.07 Å². The highest BCUT2D eigenvalue weighted by molar-refractivity contribution is 7.92. The van der Waals surface area contributed by atoms with Crippen molar-refractivity contribution in [3.63, 3.8) is 0 Å². The van der Waals surface area contributed by atoms with E-state index < -0.39 is 39.1 Å². The van der Waals surface area contributed by atoms with Crippen LogP contribution in [-0.2, 0) is 20.9 Å². The number of H-pyrrole nitrogens is 1. The number of nitrogens with one attached hydrogen (secondary N) is 2. The van der Waals surface area contributed by atoms with Gasteiger partial charge in [0.05, 0.1) is 17.9 Å². The second-order valence-corrected chi connectivity index (χ2v) is 7.45. The van der Waals surface area contributed by atoms with Gasteiger partial charge in [-0.3, -0.25) is 4.72 Å². The Morgan fingerprint density at radius 3 is 2.50 bits per heavy atom. The molecule has 0 spiro atoms. The Morgan fingerprint density at radius 1 is 1.15 bits per heavy atom. The third-order valence-electron chi connectivity index (χ3n) is 3.97. The maximum Gasteiger partial charge on any atom is 0.419 e. The molecule has 1 aliphatic heterocycles. The molecule has 11 heteroatoms. The van der Waals surface area contributed by atoms with E-state index in [2.05, 4.69) is 4.98 Å². The van der Waals surface area contributed by atoms with Gasteiger partial charge in [0.1, 0.15) is 16.5 Å². The second kappa shape index (κ2) is 6.54. The molecule has 1 aromatic heterocycles. The van der Waals surface area contributed by atoms with Crippen molar-refractivity contribution in [3.05, 3.63) is 47.3 Å². The van der Waals surface area contributed by atoms with Crippen molar-refractivity contribution in [1.29, 1.82) is 0 Å². The van der Waals surface area contributed by atoms with Gasteiger partial charge in [-0.25, -0.2) is 17.2 Å². The van der Waals surface area contributed by atoms with Gasteiger partial charge in [0.2, 0.25) is 0 Å². The molecule has 1 saturated heterocycles. The van der Waals surface area contributed by atoms with Crippen LogP contribution in [0.2, 0.25) is 0 Å². The molecule has 1 fully saturated rings. The van der Waals surface area contributed by atoms with Crippen molar-refractivity contribution < 1.29 is 35.1 Å². The molecule has 1 atom stereocenters. The second-order valence-electron chi connectivity index (χ2n) is 5.77. The first-order valence-electron chi connectivity index (χ1n) is 7.43. The molecule has 1 aliphatic rings. The van der Waals surface area contributed by atoms with Crippen LogP contribution in [0.5, 0.6) is 0 Å². The number of halogens is 5. The fraction of sp³-hybridized carbons (Fsp3) is 0.333. The van der Waals surface area contributed by atoms with Crippen molar-refractivity contribution in [1.82, 2.24) is 4.98 Å². The van der Waals surface area contributed by atoms with Gasteiger partial charge in [-0.15, -0.1) is 0 Å². The highest BCUT2D eigenvalue weighted by Gasteiger charge is 2.35. The van der Waals surface area contributed by atoms with Gasteiger partial charge < -0.3 is 9.72 Å². The molecular formula is C15H13F5N2O3S. The smallest absolute Gasteiger partial charge is 0.381 e. The number of anilines is 1. The van der Waals surface area contributed by atoms with Gasteiger partial charge in [0, 0.05) is 30.5 Å². The number of rotatable bonds is 4. The molecule has 1 unspecified atom stereocenters. The average molecular weight is 396 g/mol. The Hall–Kier alpha value is -2.14. The van der Waals surface area contributed by atoms with Crippen molar-refractivity contribution >= 4 is 15.7 Å². The highest BCUT2D eigenvalue weighted by atomic mass is 32.2. The summed E-state index contributed by atoms with van der Waals surface area (Å²) in [7, 11) is -4.32. The van der Waals surface area contributed by atoms with Crippen LogP contribution in [0.1, 0.15) is 23.6 Å². The molecule has 0 aliphatic carbocycles. The summed E-state index contributed by atoms with van der Waals surface area (Å²) in [5, 5.41) is 0. The van der Waals surface area contributed by atoms with Crippen LogP contribution in [0.3, 0.4) is 0 Å². The van der Waals surface area contributed by atoms with E-state index in [1.807, 2.05) is 0 Å². The summed E-state index contributed by atoms with van der Waals surface area (Å²) < 4.78 is 96.6.